The van der Waals surface area contributed by atoms with Gasteiger partial charge in [-0.25, -0.2) is 4.98 Å². The average molecular weight is 480 g/mol. The number of nitrogens with zero attached hydrogens (tertiary/aromatic N) is 4. The molecule has 0 saturated carbocycles. The van der Waals surface area contributed by atoms with E-state index in [0.29, 0.717) is 23.4 Å². The van der Waals surface area contributed by atoms with E-state index in [-0.39, 0.29) is 34.7 Å². The topological polar surface area (TPSA) is 100 Å². The van der Waals surface area contributed by atoms with Crippen molar-refractivity contribution in [2.75, 3.05) is 19.6 Å². The van der Waals surface area contributed by atoms with Crippen LogP contribution in [0.25, 0.3) is 11.4 Å². The number of imidazole rings is 1. The number of hydrogen-bond acceptors (Lipinski definition) is 7. The molecule has 1 aliphatic carbocycles. The summed E-state index contributed by atoms with van der Waals surface area (Å²) in [6.45, 7) is 2.72. The minimum atomic E-state index is -0.258. The number of fused-ring (bicyclic) bond motifs is 2. The third kappa shape index (κ3) is 4.12. The molecule has 180 valence electrons. The zero-order valence-electron chi connectivity index (χ0n) is 19.7. The van der Waals surface area contributed by atoms with Crippen LogP contribution in [0.2, 0.25) is 0 Å². The zero-order chi connectivity index (χ0) is 24.7. The monoisotopic (exact) mass is 479 g/mol. The summed E-state index contributed by atoms with van der Waals surface area (Å²) in [6, 6.07) is 14.4. The Kier molecular flexibility index (Phi) is 5.50. The van der Waals surface area contributed by atoms with Crippen molar-refractivity contribution in [1.82, 2.24) is 14.9 Å². The number of nitrogens with one attached hydrogen (secondary N) is 1. The maximum atomic E-state index is 12.9. The average Bonchev–Trinajstić information content (AvgIpc) is 3.30. The molecule has 0 spiro atoms. The Morgan fingerprint density at radius 1 is 1.08 bits per heavy atom. The molecule has 8 nitrogen and oxygen atoms in total. The van der Waals surface area contributed by atoms with Crippen molar-refractivity contribution in [2.45, 2.75) is 37.5 Å². The number of H-pyrrole nitrogens is 1. The number of rotatable bonds is 8. The van der Waals surface area contributed by atoms with Gasteiger partial charge in [-0.2, -0.15) is 10.2 Å². The maximum absolute atomic E-state index is 12.9. The molecule has 1 atom stereocenters. The first kappa shape index (κ1) is 22.4. The lowest BCUT2D eigenvalue weighted by molar-refractivity contribution is 0.0974. The lowest BCUT2D eigenvalue weighted by Gasteiger charge is -2.18. The van der Waals surface area contributed by atoms with E-state index in [1.165, 1.54) is 0 Å². The zero-order valence-corrected chi connectivity index (χ0v) is 19.7. The van der Waals surface area contributed by atoms with Crippen LogP contribution in [0.1, 0.15) is 57.8 Å². The quantitative estimate of drug-likeness (QED) is 0.381. The normalized spacial score (nSPS) is 19.6. The standard InChI is InChI=1S/C28H25N5O3/c1-2-3-12-28(31-32-28)13-15-33-14-11-20(17-33)36-19-8-6-7-18(16-19)27-29-23-24(30-27)26(35)22-10-5-4-9-21(22)25(23)34/h1,4-10,16,20H,3,11-15,17H2,(H,29,30)/t20-/m1/s1. The molecule has 36 heavy (non-hydrogen) atoms. The van der Waals surface area contributed by atoms with Crippen LogP contribution in [0.3, 0.4) is 0 Å². The smallest absolute Gasteiger partial charge is 0.214 e. The van der Waals surface area contributed by atoms with Gasteiger partial charge in [0.25, 0.3) is 0 Å². The first-order valence-electron chi connectivity index (χ1n) is 12.2. The molecule has 6 rings (SSSR count). The Bertz CT molecular complexity index is 1370. The highest BCUT2D eigenvalue weighted by Gasteiger charge is 2.40. The molecule has 1 N–H and O–H groups in total. The molecule has 8 heteroatoms. The number of carbonyl (C=O) groups excluding carboxylic acids is 2. The molecule has 2 aromatic carbocycles. The van der Waals surface area contributed by atoms with E-state index in [2.05, 4.69) is 31.0 Å². The van der Waals surface area contributed by atoms with E-state index in [9.17, 15) is 9.59 Å². The van der Waals surface area contributed by atoms with Crippen molar-refractivity contribution < 1.29 is 14.3 Å². The van der Waals surface area contributed by atoms with E-state index < -0.39 is 0 Å². The Morgan fingerprint density at radius 3 is 2.67 bits per heavy atom. The fraction of sp³-hybridized carbons (Fsp3) is 0.321. The molecule has 0 unspecified atom stereocenters. The van der Waals surface area contributed by atoms with Crippen LogP contribution in [0.15, 0.2) is 58.8 Å². The minimum Gasteiger partial charge on any atom is -0.489 e. The van der Waals surface area contributed by atoms with E-state index in [4.69, 9.17) is 11.2 Å². The lowest BCUT2D eigenvalue weighted by Crippen LogP contribution is -2.28. The van der Waals surface area contributed by atoms with Gasteiger partial charge >= 0.3 is 0 Å². The van der Waals surface area contributed by atoms with Crippen molar-refractivity contribution in [1.29, 1.82) is 0 Å². The molecular formula is C28H25N5O3. The summed E-state index contributed by atoms with van der Waals surface area (Å²) in [7, 11) is 0. The number of benzene rings is 2. The Labute approximate surface area is 208 Å². The maximum Gasteiger partial charge on any atom is 0.214 e. The van der Waals surface area contributed by atoms with Crippen molar-refractivity contribution in [3.8, 4) is 29.5 Å². The summed E-state index contributed by atoms with van der Waals surface area (Å²) in [5.41, 5.74) is 1.70. The third-order valence-electron chi connectivity index (χ3n) is 7.08. The SMILES string of the molecule is C#CCCC1(CCN2CC[C@@H](Oc3cccc(-c4nc5c([nH]4)C(=O)c4ccccc4C5=O)c3)C2)N=N1. The van der Waals surface area contributed by atoms with Gasteiger partial charge in [-0.1, -0.05) is 36.4 Å². The second-order valence-electron chi connectivity index (χ2n) is 9.51. The summed E-state index contributed by atoms with van der Waals surface area (Å²) < 4.78 is 6.28. The molecule has 1 aromatic heterocycles. The highest BCUT2D eigenvalue weighted by Crippen LogP contribution is 2.37. The van der Waals surface area contributed by atoms with Gasteiger partial charge in [0.15, 0.2) is 5.66 Å². The Hall–Kier alpha value is -4.09. The van der Waals surface area contributed by atoms with E-state index in [1.54, 1.807) is 24.3 Å². The molecule has 0 bridgehead atoms. The Balaban J connectivity index is 1.12. The molecule has 3 aliphatic rings. The Morgan fingerprint density at radius 2 is 1.89 bits per heavy atom. The van der Waals surface area contributed by atoms with Crippen molar-refractivity contribution in [3.05, 3.63) is 71.0 Å². The molecular weight excluding hydrogens is 454 g/mol. The lowest BCUT2D eigenvalue weighted by atomic mass is 9.90. The van der Waals surface area contributed by atoms with Gasteiger partial charge in [-0.3, -0.25) is 14.5 Å². The second-order valence-corrected chi connectivity index (χ2v) is 9.51. The summed E-state index contributed by atoms with van der Waals surface area (Å²) in [6.07, 6.45) is 8.81. The molecule has 3 heterocycles. The predicted molar refractivity (Wildman–Crippen MR) is 133 cm³/mol. The molecule has 2 aliphatic heterocycles. The van der Waals surface area contributed by atoms with Crippen molar-refractivity contribution in [3.63, 3.8) is 0 Å². The number of hydrogen-bond donors (Lipinski definition) is 1. The minimum absolute atomic E-state index is 0.0810. The third-order valence-corrected chi connectivity index (χ3v) is 7.08. The van der Waals surface area contributed by atoms with E-state index >= 15 is 0 Å². The number of ether oxygens (including phenoxy) is 1. The second kappa shape index (κ2) is 8.85. The van der Waals surface area contributed by atoms with Gasteiger partial charge in [0.2, 0.25) is 11.6 Å². The van der Waals surface area contributed by atoms with Crippen LogP contribution < -0.4 is 4.74 Å². The van der Waals surface area contributed by atoms with Gasteiger partial charge < -0.3 is 9.72 Å². The highest BCUT2D eigenvalue weighted by molar-refractivity contribution is 6.27. The predicted octanol–water partition coefficient (Wildman–Crippen LogP) is 4.27. The number of carbonyl (C=O) groups is 2. The van der Waals surface area contributed by atoms with Crippen LogP contribution in [0, 0.1) is 12.3 Å². The number of likely N-dealkylation sites (tertiary alicyclic amines) is 1. The molecule has 3 aromatic rings. The van der Waals surface area contributed by atoms with E-state index in [1.807, 2.05) is 24.3 Å². The summed E-state index contributed by atoms with van der Waals surface area (Å²) in [5.74, 6) is 3.42. The van der Waals surface area contributed by atoms with Crippen molar-refractivity contribution in [2.24, 2.45) is 10.2 Å². The van der Waals surface area contributed by atoms with Crippen LogP contribution in [-0.4, -0.2) is 57.8 Å². The molecule has 0 amide bonds. The summed E-state index contributed by atoms with van der Waals surface area (Å²) >= 11 is 0. The molecule has 0 radical (unpaired) electrons. The fourth-order valence-corrected chi connectivity index (χ4v) is 4.99. The number of aromatic nitrogens is 2. The molecule has 1 saturated heterocycles. The number of aromatic amines is 1. The number of ketones is 2. The van der Waals surface area contributed by atoms with Gasteiger partial charge in [0.05, 0.1) is 0 Å². The highest BCUT2D eigenvalue weighted by atomic mass is 16.5. The van der Waals surface area contributed by atoms with Crippen LogP contribution >= 0.6 is 0 Å². The van der Waals surface area contributed by atoms with Crippen LogP contribution in [0.5, 0.6) is 5.75 Å². The van der Waals surface area contributed by atoms with Crippen molar-refractivity contribution >= 4 is 11.6 Å². The van der Waals surface area contributed by atoms with Gasteiger partial charge in [0.1, 0.15) is 29.1 Å². The largest absolute Gasteiger partial charge is 0.489 e. The van der Waals surface area contributed by atoms with Gasteiger partial charge in [0, 0.05) is 55.6 Å². The first-order valence-corrected chi connectivity index (χ1v) is 12.2. The summed E-state index contributed by atoms with van der Waals surface area (Å²) in [5, 5.41) is 8.45. The van der Waals surface area contributed by atoms with Gasteiger partial charge in [-0.05, 0) is 18.6 Å². The van der Waals surface area contributed by atoms with E-state index in [0.717, 1.165) is 50.2 Å². The fourth-order valence-electron chi connectivity index (χ4n) is 4.99. The first-order chi connectivity index (χ1) is 17.5. The summed E-state index contributed by atoms with van der Waals surface area (Å²) in [4.78, 5) is 35.8. The van der Waals surface area contributed by atoms with Gasteiger partial charge in [-0.15, -0.1) is 12.3 Å². The number of terminal acetylenes is 1. The van der Waals surface area contributed by atoms with Crippen LogP contribution in [0.4, 0.5) is 0 Å². The van der Waals surface area contributed by atoms with Crippen LogP contribution in [-0.2, 0) is 0 Å². The molecule has 1 fully saturated rings.